The number of carbonyl (C=O) groups excluding carboxylic acids is 2. The van der Waals surface area contributed by atoms with Gasteiger partial charge in [0.2, 0.25) is 0 Å². The van der Waals surface area contributed by atoms with Gasteiger partial charge in [-0.2, -0.15) is 5.10 Å². The van der Waals surface area contributed by atoms with Crippen LogP contribution in [0.3, 0.4) is 0 Å². The molecule has 0 saturated heterocycles. The second-order valence-electron chi connectivity index (χ2n) is 6.53. The van der Waals surface area contributed by atoms with Crippen molar-refractivity contribution in [1.82, 2.24) is 5.32 Å². The highest BCUT2D eigenvalue weighted by Gasteiger charge is 2.23. The molecule has 146 valence electrons. The molecule has 0 aliphatic carbocycles. The monoisotopic (exact) mass is 387 g/mol. The van der Waals surface area contributed by atoms with E-state index in [1.54, 1.807) is 36.4 Å². The van der Waals surface area contributed by atoms with Gasteiger partial charge in [0.1, 0.15) is 5.75 Å². The maximum atomic E-state index is 13.0. The van der Waals surface area contributed by atoms with Gasteiger partial charge in [0.25, 0.3) is 5.91 Å². The maximum absolute atomic E-state index is 13.0. The lowest BCUT2D eigenvalue weighted by Crippen LogP contribution is -2.42. The van der Waals surface area contributed by atoms with Crippen molar-refractivity contribution in [3.8, 4) is 5.75 Å². The number of Topliss-reactive ketones (excluding diaryl/α,β-unsaturated/α-hetero) is 1. The summed E-state index contributed by atoms with van der Waals surface area (Å²) >= 11 is 0. The van der Waals surface area contributed by atoms with Gasteiger partial charge in [-0.05, 0) is 47.5 Å². The average molecular weight is 387 g/mol. The SMILES string of the molecule is NN=Cc1ccc(C(=O)N[C@@H](Cc2ccccc2)C(=O)c2ccc(O)cc2)cc1. The molecule has 6 nitrogen and oxygen atoms in total. The van der Waals surface area contributed by atoms with Crippen molar-refractivity contribution in [2.75, 3.05) is 0 Å². The second kappa shape index (κ2) is 9.32. The fraction of sp³-hybridized carbons (Fsp3) is 0.0870. The molecule has 1 amide bonds. The third-order valence-corrected chi connectivity index (χ3v) is 4.45. The Balaban J connectivity index is 1.82. The first-order valence-corrected chi connectivity index (χ1v) is 9.08. The Morgan fingerprint density at radius 3 is 2.17 bits per heavy atom. The largest absolute Gasteiger partial charge is 0.508 e. The molecule has 0 heterocycles. The molecule has 29 heavy (non-hydrogen) atoms. The first kappa shape index (κ1) is 19.8. The van der Waals surface area contributed by atoms with Crippen LogP contribution in [0.25, 0.3) is 0 Å². The van der Waals surface area contributed by atoms with E-state index in [2.05, 4.69) is 10.4 Å². The van der Waals surface area contributed by atoms with Gasteiger partial charge in [-0.25, -0.2) is 0 Å². The molecule has 0 spiro atoms. The van der Waals surface area contributed by atoms with E-state index in [9.17, 15) is 14.7 Å². The molecule has 0 aliphatic rings. The molecule has 3 aromatic rings. The minimum atomic E-state index is -0.750. The minimum Gasteiger partial charge on any atom is -0.508 e. The molecule has 0 saturated carbocycles. The fourth-order valence-electron chi connectivity index (χ4n) is 2.93. The Morgan fingerprint density at radius 1 is 0.931 bits per heavy atom. The number of nitrogens with zero attached hydrogens (tertiary/aromatic N) is 1. The summed E-state index contributed by atoms with van der Waals surface area (Å²) in [6.45, 7) is 0. The number of hydrazone groups is 1. The van der Waals surface area contributed by atoms with Gasteiger partial charge in [-0.1, -0.05) is 42.5 Å². The van der Waals surface area contributed by atoms with Crippen LogP contribution in [0.5, 0.6) is 5.75 Å². The standard InChI is InChI=1S/C23H21N3O3/c24-25-15-17-6-8-19(9-7-17)23(29)26-21(14-16-4-2-1-3-5-16)22(28)18-10-12-20(27)13-11-18/h1-13,15,21,27H,14,24H2,(H,26,29)/t21-/m0/s1. The third-order valence-electron chi connectivity index (χ3n) is 4.45. The van der Waals surface area contributed by atoms with Crippen molar-refractivity contribution in [1.29, 1.82) is 0 Å². The Kier molecular flexibility index (Phi) is 6.37. The molecular formula is C23H21N3O3. The highest BCUT2D eigenvalue weighted by Crippen LogP contribution is 2.14. The highest BCUT2D eigenvalue weighted by atomic mass is 16.3. The lowest BCUT2D eigenvalue weighted by atomic mass is 9.97. The molecule has 3 aromatic carbocycles. The van der Waals surface area contributed by atoms with Gasteiger partial charge < -0.3 is 16.3 Å². The predicted molar refractivity (Wildman–Crippen MR) is 112 cm³/mol. The molecule has 0 aliphatic heterocycles. The number of hydrogen-bond acceptors (Lipinski definition) is 5. The predicted octanol–water partition coefficient (Wildman–Crippen LogP) is 2.91. The number of nitrogens with one attached hydrogen (secondary N) is 1. The maximum Gasteiger partial charge on any atom is 0.251 e. The first-order chi connectivity index (χ1) is 14.1. The zero-order valence-electron chi connectivity index (χ0n) is 15.7. The number of benzene rings is 3. The summed E-state index contributed by atoms with van der Waals surface area (Å²) in [7, 11) is 0. The van der Waals surface area contributed by atoms with Gasteiger partial charge in [-0.3, -0.25) is 9.59 Å². The van der Waals surface area contributed by atoms with Crippen molar-refractivity contribution in [2.24, 2.45) is 10.9 Å². The van der Waals surface area contributed by atoms with E-state index >= 15 is 0 Å². The summed E-state index contributed by atoms with van der Waals surface area (Å²) in [5.41, 5.74) is 2.54. The first-order valence-electron chi connectivity index (χ1n) is 9.08. The quantitative estimate of drug-likeness (QED) is 0.251. The van der Waals surface area contributed by atoms with Crippen LogP contribution in [0, 0.1) is 0 Å². The summed E-state index contributed by atoms with van der Waals surface area (Å²) in [5, 5.41) is 15.8. The second-order valence-corrected chi connectivity index (χ2v) is 6.53. The lowest BCUT2D eigenvalue weighted by Gasteiger charge is -2.18. The Hall–Kier alpha value is -3.93. The number of nitrogens with two attached hydrogens (primary N) is 1. The average Bonchev–Trinajstić information content (AvgIpc) is 2.75. The summed E-state index contributed by atoms with van der Waals surface area (Å²) in [5.74, 6) is 4.63. The summed E-state index contributed by atoms with van der Waals surface area (Å²) in [6, 6.07) is 21.5. The number of amides is 1. The van der Waals surface area contributed by atoms with Crippen LogP contribution in [0.2, 0.25) is 0 Å². The van der Waals surface area contributed by atoms with Crippen LogP contribution in [0.1, 0.15) is 31.8 Å². The zero-order valence-corrected chi connectivity index (χ0v) is 15.7. The highest BCUT2D eigenvalue weighted by molar-refractivity contribution is 6.04. The van der Waals surface area contributed by atoms with Crippen LogP contribution in [0.4, 0.5) is 0 Å². The molecule has 0 aromatic heterocycles. The molecule has 3 rings (SSSR count). The van der Waals surface area contributed by atoms with Crippen molar-refractivity contribution in [3.05, 3.63) is 101 Å². The van der Waals surface area contributed by atoms with Crippen molar-refractivity contribution >= 4 is 17.9 Å². The van der Waals surface area contributed by atoms with Gasteiger partial charge in [0.05, 0.1) is 12.3 Å². The van der Waals surface area contributed by atoms with Crippen molar-refractivity contribution in [3.63, 3.8) is 0 Å². The van der Waals surface area contributed by atoms with E-state index in [-0.39, 0.29) is 17.4 Å². The molecule has 0 radical (unpaired) electrons. The van der Waals surface area contributed by atoms with E-state index in [1.807, 2.05) is 30.3 Å². The number of carbonyl (C=O) groups is 2. The molecule has 0 unspecified atom stereocenters. The van der Waals surface area contributed by atoms with E-state index in [0.29, 0.717) is 17.5 Å². The zero-order chi connectivity index (χ0) is 20.6. The molecule has 4 N–H and O–H groups in total. The van der Waals surface area contributed by atoms with Gasteiger partial charge in [0.15, 0.2) is 5.78 Å². The van der Waals surface area contributed by atoms with Gasteiger partial charge in [0, 0.05) is 17.5 Å². The number of phenolic OH excluding ortho intramolecular Hbond substituents is 1. The number of ketones is 1. The van der Waals surface area contributed by atoms with Gasteiger partial charge in [-0.15, -0.1) is 0 Å². The molecule has 1 atom stereocenters. The molecule has 6 heteroatoms. The van der Waals surface area contributed by atoms with E-state index in [4.69, 9.17) is 5.84 Å². The normalized spacial score (nSPS) is 11.9. The summed E-state index contributed by atoms with van der Waals surface area (Å²) < 4.78 is 0. The smallest absolute Gasteiger partial charge is 0.251 e. The summed E-state index contributed by atoms with van der Waals surface area (Å²) in [4.78, 5) is 25.8. The van der Waals surface area contributed by atoms with Crippen LogP contribution < -0.4 is 11.2 Å². The van der Waals surface area contributed by atoms with E-state index in [1.165, 1.54) is 18.3 Å². The van der Waals surface area contributed by atoms with E-state index in [0.717, 1.165) is 11.1 Å². The van der Waals surface area contributed by atoms with E-state index < -0.39 is 6.04 Å². The minimum absolute atomic E-state index is 0.0753. The molecular weight excluding hydrogens is 366 g/mol. The van der Waals surface area contributed by atoms with Crippen molar-refractivity contribution in [2.45, 2.75) is 12.5 Å². The van der Waals surface area contributed by atoms with Crippen molar-refractivity contribution < 1.29 is 14.7 Å². The summed E-state index contributed by atoms with van der Waals surface area (Å²) in [6.07, 6.45) is 1.83. The van der Waals surface area contributed by atoms with Crippen LogP contribution in [0.15, 0.2) is 84.0 Å². The number of hydrogen-bond donors (Lipinski definition) is 3. The number of phenols is 1. The molecule has 0 bridgehead atoms. The lowest BCUT2D eigenvalue weighted by molar-refractivity contribution is 0.0857. The van der Waals surface area contributed by atoms with Crippen LogP contribution in [-0.2, 0) is 6.42 Å². The Labute approximate surface area is 168 Å². The number of aromatic hydroxyl groups is 1. The third kappa shape index (κ3) is 5.29. The Bertz CT molecular complexity index is 998. The van der Waals surface area contributed by atoms with Crippen LogP contribution in [-0.4, -0.2) is 29.1 Å². The topological polar surface area (TPSA) is 105 Å². The fourth-order valence-corrected chi connectivity index (χ4v) is 2.93. The molecule has 0 fully saturated rings. The number of rotatable bonds is 7. The van der Waals surface area contributed by atoms with Gasteiger partial charge >= 0.3 is 0 Å². The Morgan fingerprint density at radius 2 is 1.55 bits per heavy atom. The van der Waals surface area contributed by atoms with Crippen LogP contribution >= 0.6 is 0 Å².